The average molecular weight is 354 g/mol. The quantitative estimate of drug-likeness (QED) is 0.348. The van der Waals surface area contributed by atoms with E-state index in [0.717, 1.165) is 5.56 Å². The number of alkyl carbamates (subject to hydrolysis) is 1. The van der Waals surface area contributed by atoms with E-state index in [1.165, 1.54) is 6.92 Å². The van der Waals surface area contributed by atoms with Crippen molar-refractivity contribution in [2.24, 2.45) is 5.73 Å². The van der Waals surface area contributed by atoms with Crippen LogP contribution >= 0.6 is 12.6 Å². The minimum Gasteiger partial charge on any atom is -0.450 e. The van der Waals surface area contributed by atoms with Crippen LogP contribution in [0.1, 0.15) is 18.9 Å². The van der Waals surface area contributed by atoms with Gasteiger partial charge < -0.3 is 20.5 Å². The highest BCUT2D eigenvalue weighted by Gasteiger charge is 2.30. The molecule has 0 fully saturated rings. The lowest BCUT2D eigenvalue weighted by Gasteiger charge is -2.27. The van der Waals surface area contributed by atoms with E-state index in [9.17, 15) is 14.4 Å². The monoisotopic (exact) mass is 354 g/mol. The molecule has 0 aromatic heterocycles. The second kappa shape index (κ2) is 9.94. The Bertz CT molecular complexity index is 567. The Morgan fingerprint density at radius 2 is 1.92 bits per heavy atom. The standard InChI is InChI=1S/C16H22N2O5S/c1-16(10-17,23-14(20)13(19)7-8-24)11-18-15(21)22-9-12-5-3-2-4-6-12/h2-6,24H,7-11,17H2,1H3,(H,18,21)/t16-/m0/s1. The van der Waals surface area contributed by atoms with Crippen LogP contribution in [0.2, 0.25) is 0 Å². The minimum absolute atomic E-state index is 0.0187. The van der Waals surface area contributed by atoms with Crippen LogP contribution in [0.3, 0.4) is 0 Å². The fourth-order valence-electron chi connectivity index (χ4n) is 1.67. The number of rotatable bonds is 9. The topological polar surface area (TPSA) is 108 Å². The Kier molecular flexibility index (Phi) is 8.28. The number of hydrogen-bond acceptors (Lipinski definition) is 7. The number of esters is 1. The Balaban J connectivity index is 2.44. The highest BCUT2D eigenvalue weighted by atomic mass is 32.1. The first kappa shape index (κ1) is 20.0. The maximum Gasteiger partial charge on any atom is 0.407 e. The zero-order chi connectivity index (χ0) is 18.0. The lowest BCUT2D eigenvalue weighted by atomic mass is 10.1. The number of carbonyl (C=O) groups is 3. The Hall–Kier alpha value is -2.06. The van der Waals surface area contributed by atoms with Crippen molar-refractivity contribution < 1.29 is 23.9 Å². The fourth-order valence-corrected chi connectivity index (χ4v) is 1.87. The van der Waals surface area contributed by atoms with Crippen LogP contribution < -0.4 is 11.1 Å². The number of amides is 1. The summed E-state index contributed by atoms with van der Waals surface area (Å²) in [5, 5.41) is 2.48. The molecule has 1 aromatic rings. The van der Waals surface area contributed by atoms with Gasteiger partial charge in [0.2, 0.25) is 5.78 Å². The molecule has 0 heterocycles. The van der Waals surface area contributed by atoms with Crippen molar-refractivity contribution in [3.05, 3.63) is 35.9 Å². The Morgan fingerprint density at radius 3 is 2.50 bits per heavy atom. The van der Waals surface area contributed by atoms with Crippen LogP contribution in [0.15, 0.2) is 30.3 Å². The number of Topliss-reactive ketones (excluding diaryl/α,β-unsaturated/α-hetero) is 1. The molecule has 0 spiro atoms. The van der Waals surface area contributed by atoms with Crippen molar-refractivity contribution in [3.63, 3.8) is 0 Å². The molecular weight excluding hydrogens is 332 g/mol. The van der Waals surface area contributed by atoms with Crippen molar-refractivity contribution >= 4 is 30.5 Å². The normalized spacial score (nSPS) is 12.8. The van der Waals surface area contributed by atoms with Crippen LogP contribution in [0.4, 0.5) is 4.79 Å². The van der Waals surface area contributed by atoms with Gasteiger partial charge in [-0.15, -0.1) is 0 Å². The summed E-state index contributed by atoms with van der Waals surface area (Å²) in [6, 6.07) is 9.19. The SMILES string of the molecule is C[C@](CN)(CNC(=O)OCc1ccccc1)OC(=O)C(=O)CCS. The van der Waals surface area contributed by atoms with Gasteiger partial charge in [-0.1, -0.05) is 30.3 Å². The summed E-state index contributed by atoms with van der Waals surface area (Å²) in [5.41, 5.74) is 5.23. The average Bonchev–Trinajstić information content (AvgIpc) is 2.59. The summed E-state index contributed by atoms with van der Waals surface area (Å²) in [6.45, 7) is 1.51. The zero-order valence-electron chi connectivity index (χ0n) is 13.5. The molecule has 0 aliphatic carbocycles. The number of nitrogens with two attached hydrogens (primary N) is 1. The van der Waals surface area contributed by atoms with Crippen LogP contribution in [-0.4, -0.2) is 42.3 Å². The summed E-state index contributed by atoms with van der Waals surface area (Å²) in [5.74, 6) is -1.43. The zero-order valence-corrected chi connectivity index (χ0v) is 14.4. The molecule has 0 aliphatic heterocycles. The van der Waals surface area contributed by atoms with Gasteiger partial charge in [0, 0.05) is 13.0 Å². The molecule has 0 radical (unpaired) electrons. The van der Waals surface area contributed by atoms with Gasteiger partial charge in [0.15, 0.2) is 0 Å². The van der Waals surface area contributed by atoms with Gasteiger partial charge in [0.05, 0.1) is 6.54 Å². The van der Waals surface area contributed by atoms with E-state index in [-0.39, 0.29) is 31.9 Å². The number of nitrogens with one attached hydrogen (secondary N) is 1. The lowest BCUT2D eigenvalue weighted by molar-refractivity contribution is -0.163. The predicted octanol–water partition coefficient (Wildman–Crippen LogP) is 1.06. The Morgan fingerprint density at radius 1 is 1.25 bits per heavy atom. The molecule has 0 unspecified atom stereocenters. The largest absolute Gasteiger partial charge is 0.450 e. The molecule has 0 aliphatic rings. The van der Waals surface area contributed by atoms with E-state index >= 15 is 0 Å². The highest BCUT2D eigenvalue weighted by molar-refractivity contribution is 7.80. The number of ether oxygens (including phenoxy) is 2. The van der Waals surface area contributed by atoms with E-state index in [1.54, 1.807) is 0 Å². The highest BCUT2D eigenvalue weighted by Crippen LogP contribution is 2.09. The number of benzene rings is 1. The van der Waals surface area contributed by atoms with Gasteiger partial charge in [-0.3, -0.25) is 4.79 Å². The third-order valence-electron chi connectivity index (χ3n) is 3.16. The third kappa shape index (κ3) is 7.01. The predicted molar refractivity (Wildman–Crippen MR) is 91.7 cm³/mol. The van der Waals surface area contributed by atoms with E-state index in [2.05, 4.69) is 17.9 Å². The van der Waals surface area contributed by atoms with E-state index in [4.69, 9.17) is 15.2 Å². The molecule has 0 bridgehead atoms. The van der Waals surface area contributed by atoms with Crippen LogP contribution in [-0.2, 0) is 25.7 Å². The van der Waals surface area contributed by atoms with Gasteiger partial charge in [-0.05, 0) is 18.2 Å². The molecule has 7 nitrogen and oxygen atoms in total. The van der Waals surface area contributed by atoms with Crippen molar-refractivity contribution in [1.29, 1.82) is 0 Å². The maximum atomic E-state index is 11.7. The summed E-state index contributed by atoms with van der Waals surface area (Å²) in [7, 11) is 0. The van der Waals surface area contributed by atoms with Crippen LogP contribution in [0.25, 0.3) is 0 Å². The minimum atomic E-state index is -1.20. The summed E-state index contributed by atoms with van der Waals surface area (Å²) in [6.07, 6.45) is -0.689. The first-order valence-corrected chi connectivity index (χ1v) is 8.05. The smallest absolute Gasteiger partial charge is 0.407 e. The molecule has 132 valence electrons. The number of carbonyl (C=O) groups excluding carboxylic acids is 3. The van der Waals surface area contributed by atoms with Crippen molar-refractivity contribution in [2.75, 3.05) is 18.8 Å². The molecule has 8 heteroatoms. The van der Waals surface area contributed by atoms with E-state index in [1.807, 2.05) is 30.3 Å². The first-order valence-electron chi connectivity index (χ1n) is 7.42. The second-order valence-corrected chi connectivity index (χ2v) is 5.80. The van der Waals surface area contributed by atoms with Crippen molar-refractivity contribution in [3.8, 4) is 0 Å². The lowest BCUT2D eigenvalue weighted by Crippen LogP contribution is -2.50. The van der Waals surface area contributed by atoms with Gasteiger partial charge in [-0.25, -0.2) is 9.59 Å². The molecule has 24 heavy (non-hydrogen) atoms. The van der Waals surface area contributed by atoms with Crippen molar-refractivity contribution in [2.45, 2.75) is 25.6 Å². The number of thiol groups is 1. The van der Waals surface area contributed by atoms with Crippen LogP contribution in [0, 0.1) is 0 Å². The van der Waals surface area contributed by atoms with Gasteiger partial charge >= 0.3 is 12.1 Å². The molecule has 1 rings (SSSR count). The molecule has 1 atom stereocenters. The van der Waals surface area contributed by atoms with Gasteiger partial charge in [-0.2, -0.15) is 12.6 Å². The fraction of sp³-hybridized carbons (Fsp3) is 0.438. The molecule has 1 aromatic carbocycles. The summed E-state index contributed by atoms with van der Waals surface area (Å²) >= 11 is 3.88. The van der Waals surface area contributed by atoms with E-state index < -0.39 is 23.4 Å². The molecule has 0 saturated heterocycles. The third-order valence-corrected chi connectivity index (χ3v) is 3.38. The first-order chi connectivity index (χ1) is 11.4. The Labute approximate surface area is 146 Å². The van der Waals surface area contributed by atoms with Gasteiger partial charge in [0.1, 0.15) is 12.2 Å². The summed E-state index contributed by atoms with van der Waals surface area (Å²) < 4.78 is 10.1. The van der Waals surface area contributed by atoms with E-state index in [0.29, 0.717) is 0 Å². The molecule has 1 amide bonds. The number of hydrogen-bond donors (Lipinski definition) is 3. The maximum absolute atomic E-state index is 11.7. The van der Waals surface area contributed by atoms with Crippen molar-refractivity contribution in [1.82, 2.24) is 5.32 Å². The summed E-state index contributed by atoms with van der Waals surface area (Å²) in [4.78, 5) is 34.8. The number of ketones is 1. The molecule has 3 N–H and O–H groups in total. The van der Waals surface area contributed by atoms with Crippen LogP contribution in [0.5, 0.6) is 0 Å². The molecular formula is C16H22N2O5S. The van der Waals surface area contributed by atoms with Gasteiger partial charge in [0.25, 0.3) is 0 Å². The molecule has 0 saturated carbocycles. The second-order valence-electron chi connectivity index (χ2n) is 5.36.